The molecule has 132 valence electrons. The van der Waals surface area contributed by atoms with Gasteiger partial charge in [-0.2, -0.15) is 13.2 Å². The van der Waals surface area contributed by atoms with Crippen molar-refractivity contribution in [3.8, 4) is 0 Å². The predicted molar refractivity (Wildman–Crippen MR) is 75.7 cm³/mol. The van der Waals surface area contributed by atoms with E-state index in [9.17, 15) is 27.2 Å². The molecule has 1 unspecified atom stereocenters. The van der Waals surface area contributed by atoms with Crippen LogP contribution in [0.25, 0.3) is 0 Å². The molecule has 24 heavy (non-hydrogen) atoms. The van der Waals surface area contributed by atoms with E-state index in [-0.39, 0.29) is 25.1 Å². The van der Waals surface area contributed by atoms with Crippen LogP contribution < -0.4 is 5.32 Å². The van der Waals surface area contributed by atoms with Crippen molar-refractivity contribution in [1.82, 2.24) is 10.2 Å². The normalized spacial score (nSPS) is 22.3. The Labute approximate surface area is 135 Å². The van der Waals surface area contributed by atoms with Crippen molar-refractivity contribution in [3.05, 3.63) is 35.6 Å². The predicted octanol–water partition coefficient (Wildman–Crippen LogP) is 2.94. The molecule has 1 aliphatic heterocycles. The number of halogens is 4. The molecule has 0 aliphatic carbocycles. The summed E-state index contributed by atoms with van der Waals surface area (Å²) in [5.41, 5.74) is -1.49. The fraction of sp³-hybridized carbons (Fsp3) is 0.467. The largest absolute Gasteiger partial charge is 0.481 e. The second-order valence-corrected chi connectivity index (χ2v) is 6.01. The van der Waals surface area contributed by atoms with Crippen LogP contribution in [0.3, 0.4) is 0 Å². The van der Waals surface area contributed by atoms with Gasteiger partial charge in [0.2, 0.25) is 0 Å². The molecule has 1 aromatic carbocycles. The number of aliphatic carboxylic acids is 1. The first-order valence-electron chi connectivity index (χ1n) is 7.14. The molecule has 1 heterocycles. The van der Waals surface area contributed by atoms with Crippen molar-refractivity contribution in [1.29, 1.82) is 0 Å². The molecule has 0 saturated carbocycles. The van der Waals surface area contributed by atoms with E-state index in [1.807, 2.05) is 5.32 Å². The summed E-state index contributed by atoms with van der Waals surface area (Å²) in [5.74, 6) is -1.80. The number of carboxylic acids is 1. The van der Waals surface area contributed by atoms with Crippen LogP contribution in [-0.2, 0) is 4.79 Å². The van der Waals surface area contributed by atoms with Crippen LogP contribution in [0.5, 0.6) is 0 Å². The number of alkyl halides is 3. The summed E-state index contributed by atoms with van der Waals surface area (Å²) in [7, 11) is 0. The number of nitrogens with one attached hydrogen (secondary N) is 1. The summed E-state index contributed by atoms with van der Waals surface area (Å²) in [6.07, 6.45) is -4.62. The van der Waals surface area contributed by atoms with Crippen molar-refractivity contribution in [2.24, 2.45) is 5.41 Å². The average molecular weight is 348 g/mol. The van der Waals surface area contributed by atoms with Crippen molar-refractivity contribution >= 4 is 12.0 Å². The standard InChI is InChI=1S/C15H16F4N2O3/c1-14(12(22)23)6-7-21(8-14)13(24)20-11(15(17,18)19)9-2-4-10(16)5-3-9/h2-5,11H,6-8H2,1H3,(H,20,24)(H,22,23)/t11-,14?/m1/s1. The Kier molecular flexibility index (Phi) is 4.73. The Hall–Kier alpha value is -2.32. The Morgan fingerprint density at radius 3 is 2.33 bits per heavy atom. The molecule has 1 fully saturated rings. The zero-order chi connectivity index (χ0) is 18.1. The number of hydrogen-bond acceptors (Lipinski definition) is 2. The topological polar surface area (TPSA) is 69.6 Å². The monoisotopic (exact) mass is 348 g/mol. The van der Waals surface area contributed by atoms with Gasteiger partial charge >= 0.3 is 18.2 Å². The number of rotatable bonds is 3. The fourth-order valence-corrected chi connectivity index (χ4v) is 2.53. The van der Waals surface area contributed by atoms with Crippen molar-refractivity contribution < 1.29 is 32.3 Å². The van der Waals surface area contributed by atoms with Crippen LogP contribution >= 0.6 is 0 Å². The second kappa shape index (κ2) is 6.29. The first-order valence-corrected chi connectivity index (χ1v) is 7.14. The Morgan fingerprint density at radius 1 is 1.29 bits per heavy atom. The minimum absolute atomic E-state index is 0.0443. The Morgan fingerprint density at radius 2 is 1.88 bits per heavy atom. The molecule has 1 aromatic rings. The van der Waals surface area contributed by atoms with E-state index in [4.69, 9.17) is 5.11 Å². The lowest BCUT2D eigenvalue weighted by molar-refractivity contribution is -0.155. The van der Waals surface area contributed by atoms with Gasteiger partial charge in [-0.25, -0.2) is 9.18 Å². The fourth-order valence-electron chi connectivity index (χ4n) is 2.53. The lowest BCUT2D eigenvalue weighted by atomic mass is 9.90. The number of amides is 2. The number of carbonyl (C=O) groups is 2. The summed E-state index contributed by atoms with van der Waals surface area (Å²) in [5, 5.41) is 11.0. The molecule has 2 rings (SSSR count). The maximum absolute atomic E-state index is 13.2. The third kappa shape index (κ3) is 3.77. The van der Waals surface area contributed by atoms with Gasteiger partial charge in [0.05, 0.1) is 5.41 Å². The van der Waals surface area contributed by atoms with E-state index < -0.39 is 35.5 Å². The molecule has 2 N–H and O–H groups in total. The number of likely N-dealkylation sites (tertiary alicyclic amines) is 1. The first-order chi connectivity index (χ1) is 11.0. The van der Waals surface area contributed by atoms with Crippen LogP contribution in [0.2, 0.25) is 0 Å². The maximum atomic E-state index is 13.2. The molecule has 0 spiro atoms. The highest BCUT2D eigenvalue weighted by atomic mass is 19.4. The number of hydrogen-bond donors (Lipinski definition) is 2. The smallest absolute Gasteiger partial charge is 0.412 e. The van der Waals surface area contributed by atoms with Crippen molar-refractivity contribution in [3.63, 3.8) is 0 Å². The molecule has 1 aliphatic rings. The molecule has 1 saturated heterocycles. The Balaban J connectivity index is 2.14. The van der Waals surface area contributed by atoms with Gasteiger partial charge in [0, 0.05) is 13.1 Å². The third-order valence-electron chi connectivity index (χ3n) is 4.08. The van der Waals surface area contributed by atoms with Gasteiger partial charge in [-0.05, 0) is 31.0 Å². The molecule has 2 atom stereocenters. The SMILES string of the molecule is CC1(C(=O)O)CCN(C(=O)N[C@H](c2ccc(F)cc2)C(F)(F)F)C1. The first kappa shape index (κ1) is 18.0. The zero-order valence-electron chi connectivity index (χ0n) is 12.7. The van der Waals surface area contributed by atoms with Crippen LogP contribution in [-0.4, -0.2) is 41.3 Å². The van der Waals surface area contributed by atoms with Gasteiger partial charge in [0.25, 0.3) is 0 Å². The summed E-state index contributed by atoms with van der Waals surface area (Å²) >= 11 is 0. The average Bonchev–Trinajstić information content (AvgIpc) is 2.89. The van der Waals surface area contributed by atoms with Crippen LogP contribution in [0.15, 0.2) is 24.3 Å². The molecule has 2 amide bonds. The third-order valence-corrected chi connectivity index (χ3v) is 4.08. The van der Waals surface area contributed by atoms with Gasteiger partial charge in [-0.1, -0.05) is 12.1 Å². The number of carbonyl (C=O) groups excluding carboxylic acids is 1. The van der Waals surface area contributed by atoms with Crippen LogP contribution in [0.1, 0.15) is 24.9 Å². The maximum Gasteiger partial charge on any atom is 0.412 e. The number of nitrogens with zero attached hydrogens (tertiary/aromatic N) is 1. The van der Waals surface area contributed by atoms with Crippen LogP contribution in [0, 0.1) is 11.2 Å². The molecule has 0 radical (unpaired) electrons. The van der Waals surface area contributed by atoms with Gasteiger partial charge in [-0.3, -0.25) is 4.79 Å². The molecule has 9 heteroatoms. The molecular formula is C15H16F4N2O3. The summed E-state index contributed by atoms with van der Waals surface area (Å²) < 4.78 is 52.5. The van der Waals surface area contributed by atoms with Crippen molar-refractivity contribution in [2.45, 2.75) is 25.6 Å². The lowest BCUT2D eigenvalue weighted by Crippen LogP contribution is -2.46. The number of benzene rings is 1. The van der Waals surface area contributed by atoms with Crippen molar-refractivity contribution in [2.75, 3.05) is 13.1 Å². The Bertz CT molecular complexity index is 633. The molecule has 5 nitrogen and oxygen atoms in total. The quantitative estimate of drug-likeness (QED) is 0.825. The van der Waals surface area contributed by atoms with Gasteiger partial charge in [0.1, 0.15) is 5.82 Å². The van der Waals surface area contributed by atoms with E-state index in [2.05, 4.69) is 0 Å². The molecule has 0 aromatic heterocycles. The summed E-state index contributed by atoms with van der Waals surface area (Å²) in [4.78, 5) is 24.3. The molecular weight excluding hydrogens is 332 g/mol. The van der Waals surface area contributed by atoms with E-state index in [0.29, 0.717) is 0 Å². The molecule has 0 bridgehead atoms. The van der Waals surface area contributed by atoms with E-state index in [1.54, 1.807) is 0 Å². The lowest BCUT2D eigenvalue weighted by Gasteiger charge is -2.26. The highest BCUT2D eigenvalue weighted by molar-refractivity contribution is 5.79. The van der Waals surface area contributed by atoms with Crippen LogP contribution in [0.4, 0.5) is 22.4 Å². The highest BCUT2D eigenvalue weighted by Crippen LogP contribution is 2.34. The summed E-state index contributed by atoms with van der Waals surface area (Å²) in [6.45, 7) is 1.30. The second-order valence-electron chi connectivity index (χ2n) is 6.01. The van der Waals surface area contributed by atoms with Gasteiger partial charge < -0.3 is 15.3 Å². The van der Waals surface area contributed by atoms with E-state index in [0.717, 1.165) is 29.2 Å². The highest BCUT2D eigenvalue weighted by Gasteiger charge is 2.46. The minimum Gasteiger partial charge on any atom is -0.481 e. The van der Waals surface area contributed by atoms with E-state index >= 15 is 0 Å². The number of carboxylic acid groups (broad SMARTS) is 1. The van der Waals surface area contributed by atoms with Gasteiger partial charge in [0.15, 0.2) is 6.04 Å². The minimum atomic E-state index is -4.77. The van der Waals surface area contributed by atoms with Gasteiger partial charge in [-0.15, -0.1) is 0 Å². The van der Waals surface area contributed by atoms with E-state index in [1.165, 1.54) is 6.92 Å². The number of urea groups is 1. The zero-order valence-corrected chi connectivity index (χ0v) is 12.7. The summed E-state index contributed by atoms with van der Waals surface area (Å²) in [6, 6.07) is 0.321.